The number of carbonyl (C=O) groups excluding carboxylic acids is 1. The number of carboxylic acid groups (broad SMARTS) is 1. The molecule has 3 aliphatic heterocycles. The SMILES string of the molecule is CCN1CCN(C(=O)C2C(C(=O)O)[C@H]3CC[C@@H]2O3)CC1. The van der Waals surface area contributed by atoms with Crippen molar-refractivity contribution in [3.05, 3.63) is 0 Å². The number of aliphatic carboxylic acids is 1. The van der Waals surface area contributed by atoms with E-state index in [0.29, 0.717) is 13.1 Å². The Morgan fingerprint density at radius 2 is 1.70 bits per heavy atom. The molecule has 0 aromatic carbocycles. The van der Waals surface area contributed by atoms with Gasteiger partial charge in [-0.05, 0) is 19.4 Å². The van der Waals surface area contributed by atoms with Gasteiger partial charge in [0.1, 0.15) is 0 Å². The molecule has 2 unspecified atom stereocenters. The highest BCUT2D eigenvalue weighted by molar-refractivity contribution is 5.86. The zero-order chi connectivity index (χ0) is 14.3. The Bertz CT molecular complexity index is 406. The number of hydrogen-bond donors (Lipinski definition) is 1. The third-order valence-electron chi connectivity index (χ3n) is 4.97. The van der Waals surface area contributed by atoms with E-state index in [0.717, 1.165) is 32.5 Å². The van der Waals surface area contributed by atoms with E-state index in [1.807, 2.05) is 4.90 Å². The molecule has 4 atom stereocenters. The molecule has 2 bridgehead atoms. The van der Waals surface area contributed by atoms with E-state index in [2.05, 4.69) is 11.8 Å². The lowest BCUT2D eigenvalue weighted by Crippen LogP contribution is -2.53. The number of nitrogens with zero attached hydrogens (tertiary/aromatic N) is 2. The minimum absolute atomic E-state index is 0.0136. The molecule has 3 rings (SSSR count). The zero-order valence-electron chi connectivity index (χ0n) is 11.8. The summed E-state index contributed by atoms with van der Waals surface area (Å²) >= 11 is 0. The van der Waals surface area contributed by atoms with E-state index in [9.17, 15) is 14.7 Å². The minimum atomic E-state index is -0.886. The van der Waals surface area contributed by atoms with Crippen LogP contribution in [0, 0.1) is 11.8 Å². The van der Waals surface area contributed by atoms with Crippen LogP contribution < -0.4 is 0 Å². The van der Waals surface area contributed by atoms with E-state index < -0.39 is 17.8 Å². The maximum atomic E-state index is 12.7. The first-order chi connectivity index (χ1) is 9.61. The second-order valence-electron chi connectivity index (χ2n) is 5.94. The fourth-order valence-corrected chi connectivity index (χ4v) is 3.80. The van der Waals surface area contributed by atoms with Gasteiger partial charge < -0.3 is 19.6 Å². The van der Waals surface area contributed by atoms with E-state index in [1.165, 1.54) is 0 Å². The number of ether oxygens (including phenoxy) is 1. The molecule has 3 aliphatic rings. The second kappa shape index (κ2) is 5.33. The quantitative estimate of drug-likeness (QED) is 0.791. The number of carbonyl (C=O) groups is 2. The maximum Gasteiger partial charge on any atom is 0.310 e. The predicted octanol–water partition coefficient (Wildman–Crippen LogP) is 0.0287. The summed E-state index contributed by atoms with van der Waals surface area (Å²) in [6, 6.07) is 0. The van der Waals surface area contributed by atoms with Crippen molar-refractivity contribution < 1.29 is 19.4 Å². The number of rotatable bonds is 3. The Labute approximate surface area is 118 Å². The van der Waals surface area contributed by atoms with Crippen LogP contribution in [0.25, 0.3) is 0 Å². The zero-order valence-corrected chi connectivity index (χ0v) is 11.8. The van der Waals surface area contributed by atoms with Crippen molar-refractivity contribution >= 4 is 11.9 Å². The van der Waals surface area contributed by atoms with Crippen LogP contribution in [0.3, 0.4) is 0 Å². The molecule has 0 spiro atoms. The number of fused-ring (bicyclic) bond motifs is 2. The van der Waals surface area contributed by atoms with Gasteiger partial charge in [0.25, 0.3) is 0 Å². The van der Waals surface area contributed by atoms with Crippen molar-refractivity contribution in [3.8, 4) is 0 Å². The second-order valence-corrected chi connectivity index (χ2v) is 5.94. The van der Waals surface area contributed by atoms with Crippen LogP contribution in [0.1, 0.15) is 19.8 Å². The first-order valence-corrected chi connectivity index (χ1v) is 7.51. The summed E-state index contributed by atoms with van der Waals surface area (Å²) in [5, 5.41) is 9.37. The van der Waals surface area contributed by atoms with Gasteiger partial charge >= 0.3 is 5.97 Å². The van der Waals surface area contributed by atoms with Gasteiger partial charge in [-0.3, -0.25) is 9.59 Å². The third kappa shape index (κ3) is 2.20. The van der Waals surface area contributed by atoms with E-state index in [-0.39, 0.29) is 18.1 Å². The highest BCUT2D eigenvalue weighted by Gasteiger charge is 2.56. The summed E-state index contributed by atoms with van der Waals surface area (Å²) in [4.78, 5) is 28.2. The average Bonchev–Trinajstić information content (AvgIpc) is 3.07. The Kier molecular flexibility index (Phi) is 3.69. The van der Waals surface area contributed by atoms with Crippen LogP contribution in [0.4, 0.5) is 0 Å². The van der Waals surface area contributed by atoms with Gasteiger partial charge in [0.05, 0.1) is 24.0 Å². The lowest BCUT2D eigenvalue weighted by Gasteiger charge is -2.37. The van der Waals surface area contributed by atoms with Crippen LogP contribution in [0.2, 0.25) is 0 Å². The normalized spacial score (nSPS) is 37.4. The molecule has 0 aromatic heterocycles. The van der Waals surface area contributed by atoms with Gasteiger partial charge in [0.15, 0.2) is 0 Å². The van der Waals surface area contributed by atoms with Gasteiger partial charge in [-0.2, -0.15) is 0 Å². The molecule has 1 amide bonds. The summed E-state index contributed by atoms with van der Waals surface area (Å²) in [5.74, 6) is -2.02. The van der Waals surface area contributed by atoms with E-state index in [4.69, 9.17) is 4.74 Å². The smallest absolute Gasteiger partial charge is 0.310 e. The average molecular weight is 282 g/mol. The number of amides is 1. The first kappa shape index (κ1) is 13.8. The summed E-state index contributed by atoms with van der Waals surface area (Å²) in [5.41, 5.74) is 0. The van der Waals surface area contributed by atoms with Crippen LogP contribution in [-0.2, 0) is 14.3 Å². The van der Waals surface area contributed by atoms with Crippen LogP contribution in [0.15, 0.2) is 0 Å². The van der Waals surface area contributed by atoms with Crippen LogP contribution in [-0.4, -0.2) is 71.7 Å². The standard InChI is InChI=1S/C14H22N2O4/c1-2-15-5-7-16(8-6-15)13(17)11-9-3-4-10(20-9)12(11)14(18)19/h9-12H,2-8H2,1H3,(H,18,19)/t9-,10+,11?,12?/m0/s1. The van der Waals surface area contributed by atoms with Crippen LogP contribution in [0.5, 0.6) is 0 Å². The fraction of sp³-hybridized carbons (Fsp3) is 0.857. The molecule has 0 radical (unpaired) electrons. The summed E-state index contributed by atoms with van der Waals surface area (Å²) in [6.07, 6.45) is 1.15. The number of piperazine rings is 1. The van der Waals surface area contributed by atoms with Gasteiger partial charge in [-0.25, -0.2) is 0 Å². The molecular formula is C14H22N2O4. The minimum Gasteiger partial charge on any atom is -0.481 e. The molecule has 1 N–H and O–H groups in total. The van der Waals surface area contributed by atoms with Gasteiger partial charge in [-0.15, -0.1) is 0 Å². The van der Waals surface area contributed by atoms with E-state index in [1.54, 1.807) is 0 Å². The highest BCUT2D eigenvalue weighted by Crippen LogP contribution is 2.44. The highest BCUT2D eigenvalue weighted by atomic mass is 16.5. The monoisotopic (exact) mass is 282 g/mol. The van der Waals surface area contributed by atoms with Gasteiger partial charge in [0, 0.05) is 26.2 Å². The number of hydrogen-bond acceptors (Lipinski definition) is 4. The molecule has 3 fully saturated rings. The molecule has 6 heteroatoms. The molecule has 3 heterocycles. The molecule has 6 nitrogen and oxygen atoms in total. The summed E-state index contributed by atoms with van der Waals surface area (Å²) in [7, 11) is 0. The maximum absolute atomic E-state index is 12.7. The van der Waals surface area contributed by atoms with Gasteiger partial charge in [-0.1, -0.05) is 6.92 Å². The first-order valence-electron chi connectivity index (χ1n) is 7.51. The third-order valence-corrected chi connectivity index (χ3v) is 4.97. The molecule has 112 valence electrons. The number of likely N-dealkylation sites (N-methyl/N-ethyl adjacent to an activating group) is 1. The lowest BCUT2D eigenvalue weighted by atomic mass is 9.78. The Morgan fingerprint density at radius 1 is 1.10 bits per heavy atom. The van der Waals surface area contributed by atoms with Crippen molar-refractivity contribution in [2.24, 2.45) is 11.8 Å². The molecular weight excluding hydrogens is 260 g/mol. The topological polar surface area (TPSA) is 70.1 Å². The lowest BCUT2D eigenvalue weighted by molar-refractivity contribution is -0.151. The Balaban J connectivity index is 1.69. The Morgan fingerprint density at radius 3 is 2.25 bits per heavy atom. The molecule has 20 heavy (non-hydrogen) atoms. The largest absolute Gasteiger partial charge is 0.481 e. The molecule has 0 aromatic rings. The summed E-state index contributed by atoms with van der Waals surface area (Å²) in [6.45, 7) is 6.27. The molecule has 3 saturated heterocycles. The van der Waals surface area contributed by atoms with E-state index >= 15 is 0 Å². The fourth-order valence-electron chi connectivity index (χ4n) is 3.80. The molecule has 0 saturated carbocycles. The van der Waals surface area contributed by atoms with Crippen molar-refractivity contribution in [1.29, 1.82) is 0 Å². The van der Waals surface area contributed by atoms with Crippen LogP contribution >= 0.6 is 0 Å². The predicted molar refractivity (Wildman–Crippen MR) is 71.2 cm³/mol. The van der Waals surface area contributed by atoms with Crippen molar-refractivity contribution in [1.82, 2.24) is 9.80 Å². The van der Waals surface area contributed by atoms with Gasteiger partial charge in [0.2, 0.25) is 5.91 Å². The summed E-state index contributed by atoms with van der Waals surface area (Å²) < 4.78 is 5.67. The Hall–Kier alpha value is -1.14. The van der Waals surface area contributed by atoms with Crippen molar-refractivity contribution in [3.63, 3.8) is 0 Å². The molecule has 0 aliphatic carbocycles. The number of carboxylic acids is 1. The van der Waals surface area contributed by atoms with Crippen molar-refractivity contribution in [2.45, 2.75) is 32.0 Å². The van der Waals surface area contributed by atoms with Crippen molar-refractivity contribution in [2.75, 3.05) is 32.7 Å².